The van der Waals surface area contributed by atoms with E-state index in [-0.39, 0.29) is 34.2 Å². The Balaban J connectivity index is 1.49. The van der Waals surface area contributed by atoms with Crippen LogP contribution < -0.4 is 4.74 Å². The smallest absolute Gasteiger partial charge is 0.293 e. The topological polar surface area (TPSA) is 46.6 Å². The molecule has 0 unspecified atom stereocenters. The van der Waals surface area contributed by atoms with Gasteiger partial charge in [-0.3, -0.25) is 14.5 Å². The van der Waals surface area contributed by atoms with Gasteiger partial charge < -0.3 is 4.74 Å². The van der Waals surface area contributed by atoms with Gasteiger partial charge >= 0.3 is 0 Å². The number of halogens is 3. The SMILES string of the molecule is O=C1S/C(=C\c2cccc(OCc3c(F)cccc3Cl)c2)C(=O)N1Cc1ccccc1F. The van der Waals surface area contributed by atoms with Crippen LogP contribution in [0.2, 0.25) is 5.02 Å². The van der Waals surface area contributed by atoms with Gasteiger partial charge in [0.1, 0.15) is 24.0 Å². The van der Waals surface area contributed by atoms with Gasteiger partial charge in [-0.2, -0.15) is 0 Å². The summed E-state index contributed by atoms with van der Waals surface area (Å²) >= 11 is 6.81. The lowest BCUT2D eigenvalue weighted by Crippen LogP contribution is -2.27. The summed E-state index contributed by atoms with van der Waals surface area (Å²) in [5.74, 6) is -0.983. The fraction of sp³-hybridized carbons (Fsp3) is 0.0833. The van der Waals surface area contributed by atoms with Crippen LogP contribution in [-0.2, 0) is 17.9 Å². The van der Waals surface area contributed by atoms with Crippen LogP contribution in [0.3, 0.4) is 0 Å². The fourth-order valence-corrected chi connectivity index (χ4v) is 4.16. The molecule has 1 aliphatic rings. The van der Waals surface area contributed by atoms with Crippen LogP contribution in [0.5, 0.6) is 5.75 Å². The first-order valence-electron chi connectivity index (χ1n) is 9.57. The first-order valence-corrected chi connectivity index (χ1v) is 10.8. The van der Waals surface area contributed by atoms with Crippen LogP contribution in [0, 0.1) is 11.6 Å². The van der Waals surface area contributed by atoms with Crippen LogP contribution in [0.25, 0.3) is 6.08 Å². The van der Waals surface area contributed by atoms with Gasteiger partial charge in [0.2, 0.25) is 0 Å². The number of imide groups is 1. The van der Waals surface area contributed by atoms with Gasteiger partial charge in [-0.05, 0) is 53.7 Å². The van der Waals surface area contributed by atoms with Crippen molar-refractivity contribution in [2.75, 3.05) is 0 Å². The maximum absolute atomic E-state index is 13.9. The highest BCUT2D eigenvalue weighted by Gasteiger charge is 2.35. The van der Waals surface area contributed by atoms with Crippen molar-refractivity contribution in [3.8, 4) is 5.75 Å². The Labute approximate surface area is 192 Å². The van der Waals surface area contributed by atoms with Gasteiger partial charge in [-0.1, -0.05) is 48.0 Å². The van der Waals surface area contributed by atoms with Crippen LogP contribution in [0.15, 0.2) is 71.6 Å². The number of thioether (sulfide) groups is 1. The van der Waals surface area contributed by atoms with E-state index in [0.29, 0.717) is 11.3 Å². The molecule has 3 aromatic carbocycles. The van der Waals surface area contributed by atoms with Gasteiger partial charge in [0.15, 0.2) is 0 Å². The van der Waals surface area contributed by atoms with Crippen molar-refractivity contribution >= 4 is 40.6 Å². The van der Waals surface area contributed by atoms with Crippen LogP contribution in [-0.4, -0.2) is 16.0 Å². The number of amides is 2. The Morgan fingerprint density at radius 1 is 0.969 bits per heavy atom. The maximum atomic E-state index is 13.9. The zero-order valence-electron chi connectivity index (χ0n) is 16.6. The molecule has 32 heavy (non-hydrogen) atoms. The Morgan fingerprint density at radius 3 is 2.50 bits per heavy atom. The second kappa shape index (κ2) is 9.54. The summed E-state index contributed by atoms with van der Waals surface area (Å²) < 4.78 is 33.5. The summed E-state index contributed by atoms with van der Waals surface area (Å²) in [6.07, 6.45) is 1.56. The summed E-state index contributed by atoms with van der Waals surface area (Å²) in [6, 6.07) is 17.2. The number of benzene rings is 3. The molecule has 0 saturated carbocycles. The summed E-state index contributed by atoms with van der Waals surface area (Å²) in [4.78, 5) is 26.3. The highest BCUT2D eigenvalue weighted by Crippen LogP contribution is 2.34. The number of hydrogen-bond acceptors (Lipinski definition) is 4. The summed E-state index contributed by atoms with van der Waals surface area (Å²) in [6.45, 7) is -0.199. The molecule has 1 heterocycles. The summed E-state index contributed by atoms with van der Waals surface area (Å²) in [5, 5.41) is -0.198. The third-order valence-corrected chi connectivity index (χ3v) is 6.02. The molecule has 3 aromatic rings. The maximum Gasteiger partial charge on any atom is 0.293 e. The van der Waals surface area contributed by atoms with Crippen molar-refractivity contribution in [2.45, 2.75) is 13.2 Å². The van der Waals surface area contributed by atoms with Crippen LogP contribution in [0.4, 0.5) is 13.6 Å². The largest absolute Gasteiger partial charge is 0.489 e. The average molecular weight is 472 g/mol. The van der Waals surface area contributed by atoms with E-state index in [1.807, 2.05) is 0 Å². The Hall–Kier alpha value is -3.16. The first kappa shape index (κ1) is 22.0. The molecule has 4 nitrogen and oxygen atoms in total. The molecule has 0 radical (unpaired) electrons. The van der Waals surface area contributed by atoms with Crippen molar-refractivity contribution in [3.63, 3.8) is 0 Å². The van der Waals surface area contributed by atoms with Crippen molar-refractivity contribution in [1.29, 1.82) is 0 Å². The minimum Gasteiger partial charge on any atom is -0.489 e. The van der Waals surface area contributed by atoms with Crippen LogP contribution >= 0.6 is 23.4 Å². The molecule has 162 valence electrons. The van der Waals surface area contributed by atoms with E-state index in [9.17, 15) is 18.4 Å². The molecule has 0 N–H and O–H groups in total. The molecule has 1 fully saturated rings. The molecule has 0 spiro atoms. The van der Waals surface area contributed by atoms with E-state index in [4.69, 9.17) is 16.3 Å². The first-order chi connectivity index (χ1) is 15.4. The third kappa shape index (κ3) is 4.84. The molecule has 0 aromatic heterocycles. The number of carbonyl (C=O) groups excluding carboxylic acids is 2. The Bertz CT molecular complexity index is 1210. The fourth-order valence-electron chi connectivity index (χ4n) is 3.10. The van der Waals surface area contributed by atoms with E-state index < -0.39 is 22.8 Å². The van der Waals surface area contributed by atoms with Gasteiger partial charge in [-0.15, -0.1) is 0 Å². The zero-order chi connectivity index (χ0) is 22.7. The van der Waals surface area contributed by atoms with Crippen molar-refractivity contribution in [3.05, 3.63) is 105 Å². The second-order valence-corrected chi connectivity index (χ2v) is 8.32. The van der Waals surface area contributed by atoms with Gasteiger partial charge in [0.25, 0.3) is 11.1 Å². The van der Waals surface area contributed by atoms with E-state index in [0.717, 1.165) is 16.7 Å². The summed E-state index contributed by atoms with van der Waals surface area (Å²) in [5.41, 5.74) is 1.13. The number of hydrogen-bond donors (Lipinski definition) is 0. The average Bonchev–Trinajstić information content (AvgIpc) is 3.02. The van der Waals surface area contributed by atoms with E-state index in [2.05, 4.69) is 0 Å². The minimum absolute atomic E-state index is 0.0614. The quantitative estimate of drug-likeness (QED) is 0.388. The highest BCUT2D eigenvalue weighted by molar-refractivity contribution is 8.18. The van der Waals surface area contributed by atoms with Gasteiger partial charge in [-0.25, -0.2) is 8.78 Å². The molecule has 4 rings (SSSR count). The Morgan fingerprint density at radius 2 is 1.72 bits per heavy atom. The predicted molar refractivity (Wildman–Crippen MR) is 120 cm³/mol. The molecule has 8 heteroatoms. The molecule has 0 atom stereocenters. The minimum atomic E-state index is -0.493. The molecule has 0 aliphatic carbocycles. The lowest BCUT2D eigenvalue weighted by molar-refractivity contribution is -0.123. The molecular formula is C24H16ClF2NO3S. The zero-order valence-corrected chi connectivity index (χ0v) is 18.1. The van der Waals surface area contributed by atoms with Crippen molar-refractivity contribution in [1.82, 2.24) is 4.90 Å². The molecule has 1 aliphatic heterocycles. The number of nitrogens with zero attached hydrogens (tertiary/aromatic N) is 1. The lowest BCUT2D eigenvalue weighted by atomic mass is 10.2. The molecule has 2 amide bonds. The van der Waals surface area contributed by atoms with Gasteiger partial charge in [0.05, 0.1) is 16.5 Å². The summed E-state index contributed by atoms with van der Waals surface area (Å²) in [7, 11) is 0. The highest BCUT2D eigenvalue weighted by atomic mass is 35.5. The third-order valence-electron chi connectivity index (χ3n) is 4.76. The number of rotatable bonds is 6. The monoisotopic (exact) mass is 471 g/mol. The lowest BCUT2D eigenvalue weighted by Gasteiger charge is -2.12. The Kier molecular flexibility index (Phi) is 6.58. The number of carbonyl (C=O) groups is 2. The van der Waals surface area contributed by atoms with E-state index >= 15 is 0 Å². The van der Waals surface area contributed by atoms with Crippen molar-refractivity contribution in [2.24, 2.45) is 0 Å². The molecular weight excluding hydrogens is 456 g/mol. The molecule has 1 saturated heterocycles. The van der Waals surface area contributed by atoms with Gasteiger partial charge in [0, 0.05) is 11.1 Å². The number of ether oxygens (including phenoxy) is 1. The van der Waals surface area contributed by atoms with E-state index in [1.54, 1.807) is 48.5 Å². The molecule has 0 bridgehead atoms. The second-order valence-electron chi connectivity index (χ2n) is 6.92. The standard InChI is InChI=1S/C24H16ClF2NO3S/c25-19-8-4-10-21(27)18(19)14-31-17-7-3-5-15(11-17)12-22-23(29)28(24(30)32-22)13-16-6-1-2-9-20(16)26/h1-12H,13-14H2/b22-12-. The predicted octanol–water partition coefficient (Wildman–Crippen LogP) is 6.43. The normalized spacial score (nSPS) is 15.0. The van der Waals surface area contributed by atoms with E-state index in [1.165, 1.54) is 24.3 Å². The van der Waals surface area contributed by atoms with Crippen molar-refractivity contribution < 1.29 is 23.1 Å². The van der Waals surface area contributed by atoms with Crippen LogP contribution in [0.1, 0.15) is 16.7 Å².